The van der Waals surface area contributed by atoms with Gasteiger partial charge in [0.15, 0.2) is 0 Å². The average Bonchev–Trinajstić information content (AvgIpc) is 2.86. The van der Waals surface area contributed by atoms with Crippen LogP contribution in [-0.4, -0.2) is 17.5 Å². The molecular formula is C14H16N2O2. The quantitative estimate of drug-likeness (QED) is 0.795. The SMILES string of the molecule is CCNc1c[nH]c(C(=O)OCc2ccccc2)c1. The molecule has 1 aromatic carbocycles. The highest BCUT2D eigenvalue weighted by atomic mass is 16.5. The van der Waals surface area contributed by atoms with Gasteiger partial charge in [0.1, 0.15) is 12.3 Å². The molecule has 1 heterocycles. The van der Waals surface area contributed by atoms with Crippen LogP contribution < -0.4 is 5.32 Å². The highest BCUT2D eigenvalue weighted by Gasteiger charge is 2.09. The molecule has 0 aliphatic heterocycles. The summed E-state index contributed by atoms with van der Waals surface area (Å²) in [4.78, 5) is 14.6. The van der Waals surface area contributed by atoms with Crippen LogP contribution in [0.4, 0.5) is 5.69 Å². The summed E-state index contributed by atoms with van der Waals surface area (Å²) in [7, 11) is 0. The molecule has 4 nitrogen and oxygen atoms in total. The number of carbonyl (C=O) groups is 1. The standard InChI is InChI=1S/C14H16N2O2/c1-2-15-12-8-13(16-9-12)14(17)18-10-11-6-4-3-5-7-11/h3-9,15-16H,2,10H2,1H3. The van der Waals surface area contributed by atoms with Gasteiger partial charge in [-0.3, -0.25) is 0 Å². The normalized spacial score (nSPS) is 10.1. The first-order chi connectivity index (χ1) is 8.79. The van der Waals surface area contributed by atoms with Gasteiger partial charge in [0.25, 0.3) is 0 Å². The van der Waals surface area contributed by atoms with E-state index in [9.17, 15) is 4.79 Å². The number of rotatable bonds is 5. The first kappa shape index (κ1) is 12.2. The molecule has 0 saturated carbocycles. The molecule has 0 fully saturated rings. The van der Waals surface area contributed by atoms with Crippen LogP contribution in [0.15, 0.2) is 42.6 Å². The lowest BCUT2D eigenvalue weighted by Gasteiger charge is -2.03. The van der Waals surface area contributed by atoms with E-state index in [0.29, 0.717) is 5.69 Å². The lowest BCUT2D eigenvalue weighted by Crippen LogP contribution is -2.05. The number of carbonyl (C=O) groups excluding carboxylic acids is 1. The predicted molar refractivity (Wildman–Crippen MR) is 70.5 cm³/mol. The number of aromatic amines is 1. The van der Waals surface area contributed by atoms with Crippen LogP contribution in [0.25, 0.3) is 0 Å². The van der Waals surface area contributed by atoms with Crippen LogP contribution in [0.3, 0.4) is 0 Å². The summed E-state index contributed by atoms with van der Waals surface area (Å²) in [5.74, 6) is -0.344. The smallest absolute Gasteiger partial charge is 0.355 e. The number of anilines is 1. The van der Waals surface area contributed by atoms with Crippen LogP contribution in [0.2, 0.25) is 0 Å². The van der Waals surface area contributed by atoms with Gasteiger partial charge >= 0.3 is 5.97 Å². The van der Waals surface area contributed by atoms with Gasteiger partial charge in [-0.25, -0.2) is 4.79 Å². The highest BCUT2D eigenvalue weighted by molar-refractivity contribution is 5.88. The fraction of sp³-hybridized carbons (Fsp3) is 0.214. The molecule has 0 aliphatic rings. The van der Waals surface area contributed by atoms with E-state index in [1.807, 2.05) is 37.3 Å². The Hall–Kier alpha value is -2.23. The maximum Gasteiger partial charge on any atom is 0.355 e. The number of esters is 1. The Kier molecular flexibility index (Phi) is 4.02. The largest absolute Gasteiger partial charge is 0.456 e. The zero-order chi connectivity index (χ0) is 12.8. The summed E-state index contributed by atoms with van der Waals surface area (Å²) in [6.07, 6.45) is 1.75. The molecule has 2 N–H and O–H groups in total. The number of benzene rings is 1. The zero-order valence-corrected chi connectivity index (χ0v) is 10.3. The lowest BCUT2D eigenvalue weighted by molar-refractivity contribution is 0.0466. The van der Waals surface area contributed by atoms with Crippen molar-refractivity contribution in [2.75, 3.05) is 11.9 Å². The Balaban J connectivity index is 1.91. The molecule has 2 aromatic rings. The molecule has 94 valence electrons. The van der Waals surface area contributed by atoms with Crippen molar-refractivity contribution < 1.29 is 9.53 Å². The summed E-state index contributed by atoms with van der Waals surface area (Å²) >= 11 is 0. The minimum Gasteiger partial charge on any atom is -0.456 e. The average molecular weight is 244 g/mol. The van der Waals surface area contributed by atoms with E-state index in [4.69, 9.17) is 4.74 Å². The van der Waals surface area contributed by atoms with Crippen LogP contribution in [0.5, 0.6) is 0 Å². The van der Waals surface area contributed by atoms with E-state index in [1.165, 1.54) is 0 Å². The number of nitrogens with one attached hydrogen (secondary N) is 2. The van der Waals surface area contributed by atoms with Crippen molar-refractivity contribution in [1.82, 2.24) is 4.98 Å². The Bertz CT molecular complexity index is 506. The van der Waals surface area contributed by atoms with Gasteiger partial charge in [-0.05, 0) is 18.6 Å². The highest BCUT2D eigenvalue weighted by Crippen LogP contribution is 2.11. The van der Waals surface area contributed by atoms with Crippen molar-refractivity contribution in [2.24, 2.45) is 0 Å². The first-order valence-corrected chi connectivity index (χ1v) is 5.93. The van der Waals surface area contributed by atoms with Crippen molar-refractivity contribution >= 4 is 11.7 Å². The number of H-pyrrole nitrogens is 1. The molecule has 0 spiro atoms. The van der Waals surface area contributed by atoms with E-state index in [1.54, 1.807) is 12.3 Å². The van der Waals surface area contributed by atoms with Crippen molar-refractivity contribution in [3.63, 3.8) is 0 Å². The molecule has 0 atom stereocenters. The molecule has 0 radical (unpaired) electrons. The molecule has 18 heavy (non-hydrogen) atoms. The summed E-state index contributed by atoms with van der Waals surface area (Å²) in [6, 6.07) is 11.4. The number of hydrogen-bond acceptors (Lipinski definition) is 3. The van der Waals surface area contributed by atoms with Crippen molar-refractivity contribution in [3.05, 3.63) is 53.9 Å². The first-order valence-electron chi connectivity index (χ1n) is 5.93. The molecular weight excluding hydrogens is 228 g/mol. The molecule has 0 aliphatic carbocycles. The van der Waals surface area contributed by atoms with Crippen molar-refractivity contribution in [1.29, 1.82) is 0 Å². The lowest BCUT2D eigenvalue weighted by atomic mass is 10.2. The van der Waals surface area contributed by atoms with Gasteiger partial charge in [-0.15, -0.1) is 0 Å². The Labute approximate surface area is 106 Å². The molecule has 0 bridgehead atoms. The maximum absolute atomic E-state index is 11.8. The fourth-order valence-corrected chi connectivity index (χ4v) is 1.62. The third-order valence-electron chi connectivity index (χ3n) is 2.50. The third-order valence-corrected chi connectivity index (χ3v) is 2.50. The van der Waals surface area contributed by atoms with Crippen LogP contribution in [-0.2, 0) is 11.3 Å². The monoisotopic (exact) mass is 244 g/mol. The van der Waals surface area contributed by atoms with Crippen molar-refractivity contribution in [2.45, 2.75) is 13.5 Å². The molecule has 0 saturated heterocycles. The van der Waals surface area contributed by atoms with Gasteiger partial charge in [-0.2, -0.15) is 0 Å². The van der Waals surface area contributed by atoms with Crippen LogP contribution in [0, 0.1) is 0 Å². The molecule has 0 amide bonds. The molecule has 0 unspecified atom stereocenters. The second-order valence-electron chi connectivity index (χ2n) is 3.89. The molecule has 4 heteroatoms. The van der Waals surface area contributed by atoms with E-state index in [-0.39, 0.29) is 12.6 Å². The van der Waals surface area contributed by atoms with E-state index < -0.39 is 0 Å². The number of aromatic nitrogens is 1. The predicted octanol–water partition coefficient (Wildman–Crippen LogP) is 2.80. The summed E-state index contributed by atoms with van der Waals surface area (Å²) < 4.78 is 5.21. The Morgan fingerprint density at radius 3 is 2.83 bits per heavy atom. The number of ether oxygens (including phenoxy) is 1. The second-order valence-corrected chi connectivity index (χ2v) is 3.89. The van der Waals surface area contributed by atoms with Gasteiger partial charge in [0.2, 0.25) is 0 Å². The zero-order valence-electron chi connectivity index (χ0n) is 10.3. The molecule has 2 rings (SSSR count). The van der Waals surface area contributed by atoms with Gasteiger partial charge in [0, 0.05) is 12.7 Å². The van der Waals surface area contributed by atoms with Crippen LogP contribution in [0.1, 0.15) is 23.0 Å². The second kappa shape index (κ2) is 5.91. The van der Waals surface area contributed by atoms with E-state index in [0.717, 1.165) is 17.8 Å². The summed E-state index contributed by atoms with van der Waals surface area (Å²) in [5.41, 5.74) is 2.33. The fourth-order valence-electron chi connectivity index (χ4n) is 1.62. The van der Waals surface area contributed by atoms with E-state index in [2.05, 4.69) is 10.3 Å². The maximum atomic E-state index is 11.8. The summed E-state index contributed by atoms with van der Waals surface area (Å²) in [5, 5.41) is 3.12. The number of hydrogen-bond donors (Lipinski definition) is 2. The Morgan fingerprint density at radius 2 is 2.11 bits per heavy atom. The van der Waals surface area contributed by atoms with Crippen molar-refractivity contribution in [3.8, 4) is 0 Å². The Morgan fingerprint density at radius 1 is 1.33 bits per heavy atom. The van der Waals surface area contributed by atoms with Gasteiger partial charge in [-0.1, -0.05) is 30.3 Å². The minimum atomic E-state index is -0.344. The third kappa shape index (κ3) is 3.13. The van der Waals surface area contributed by atoms with E-state index >= 15 is 0 Å². The molecule has 1 aromatic heterocycles. The van der Waals surface area contributed by atoms with Gasteiger partial charge < -0.3 is 15.0 Å². The topological polar surface area (TPSA) is 54.1 Å². The van der Waals surface area contributed by atoms with Crippen LogP contribution >= 0.6 is 0 Å². The minimum absolute atomic E-state index is 0.287. The van der Waals surface area contributed by atoms with Gasteiger partial charge in [0.05, 0.1) is 5.69 Å². The summed E-state index contributed by atoms with van der Waals surface area (Å²) in [6.45, 7) is 3.10.